The smallest absolute Gasteiger partial charge is 0.265 e. The number of nitrogens with one attached hydrogen (secondary N) is 1. The maximum absolute atomic E-state index is 13.5. The number of nitrogens with zero attached hydrogens (tertiary/aromatic N) is 2. The number of nitriles is 1. The van der Waals surface area contributed by atoms with E-state index < -0.39 is 11.2 Å². The molecule has 0 spiro atoms. The van der Waals surface area contributed by atoms with Crippen molar-refractivity contribution < 1.29 is 14.0 Å². The molecular weight excluding hydrogens is 458 g/mol. The van der Waals surface area contributed by atoms with Crippen LogP contribution in [0.1, 0.15) is 16.9 Å². The van der Waals surface area contributed by atoms with Gasteiger partial charge in [-0.2, -0.15) is 5.26 Å². The summed E-state index contributed by atoms with van der Waals surface area (Å²) < 4.78 is 5.24. The second-order valence-corrected chi connectivity index (χ2v) is 9.06. The monoisotopic (exact) mass is 477 g/mol. The molecule has 3 aromatic rings. The van der Waals surface area contributed by atoms with Gasteiger partial charge in [-0.15, -0.1) is 0 Å². The van der Waals surface area contributed by atoms with Crippen LogP contribution in [-0.4, -0.2) is 17.1 Å². The molecule has 0 saturated carbocycles. The number of benzene rings is 2. The van der Waals surface area contributed by atoms with Crippen molar-refractivity contribution in [1.29, 1.82) is 5.26 Å². The molecule has 2 amide bonds. The van der Waals surface area contributed by atoms with Gasteiger partial charge in [0.2, 0.25) is 5.91 Å². The number of thioether (sulfide) groups is 1. The Hall–Kier alpha value is -3.47. The molecule has 0 bridgehead atoms. The minimum atomic E-state index is -0.570. The van der Waals surface area contributed by atoms with Gasteiger partial charge in [0.15, 0.2) is 0 Å². The number of halogens is 1. The fourth-order valence-corrected chi connectivity index (χ4v) is 4.96. The van der Waals surface area contributed by atoms with Gasteiger partial charge in [-0.25, -0.2) is 0 Å². The third-order valence-electron chi connectivity index (χ3n) is 5.16. The molecule has 2 aromatic carbocycles. The first-order chi connectivity index (χ1) is 16.0. The van der Waals surface area contributed by atoms with Crippen LogP contribution in [0, 0.1) is 18.3 Å². The fraction of sp³-hybridized carbons (Fsp3) is 0.160. The summed E-state index contributed by atoms with van der Waals surface area (Å²) in [6.07, 6.45) is 1.89. The highest BCUT2D eigenvalue weighted by atomic mass is 35.5. The van der Waals surface area contributed by atoms with Crippen LogP contribution in [0.5, 0.6) is 0 Å². The Morgan fingerprint density at radius 2 is 1.94 bits per heavy atom. The molecule has 0 radical (unpaired) electrons. The first-order valence-electron chi connectivity index (χ1n) is 10.2. The van der Waals surface area contributed by atoms with Crippen molar-refractivity contribution in [2.24, 2.45) is 0 Å². The highest BCUT2D eigenvalue weighted by molar-refractivity contribution is 8.05. The van der Waals surface area contributed by atoms with Gasteiger partial charge in [0.1, 0.15) is 22.4 Å². The molecule has 1 saturated heterocycles. The van der Waals surface area contributed by atoms with E-state index in [1.807, 2.05) is 43.3 Å². The second kappa shape index (κ2) is 9.99. The first-order valence-corrected chi connectivity index (χ1v) is 11.5. The molecule has 8 heteroatoms. The van der Waals surface area contributed by atoms with E-state index in [-0.39, 0.29) is 18.0 Å². The highest BCUT2D eigenvalue weighted by Crippen LogP contribution is 2.42. The lowest BCUT2D eigenvalue weighted by Gasteiger charge is -2.19. The second-order valence-electron chi connectivity index (χ2n) is 7.47. The van der Waals surface area contributed by atoms with Crippen LogP contribution in [0.15, 0.2) is 81.9 Å². The summed E-state index contributed by atoms with van der Waals surface area (Å²) in [4.78, 5) is 27.8. The summed E-state index contributed by atoms with van der Waals surface area (Å²) in [5.41, 5.74) is 2.34. The lowest BCUT2D eigenvalue weighted by atomic mass is 10.1. The molecular formula is C25H20ClN3O3S. The summed E-state index contributed by atoms with van der Waals surface area (Å²) in [5.74, 6) is -0.210. The van der Waals surface area contributed by atoms with Crippen molar-refractivity contribution >= 4 is 40.9 Å². The number of hydrogen-bond acceptors (Lipinski definition) is 5. The fourth-order valence-electron chi connectivity index (χ4n) is 3.45. The van der Waals surface area contributed by atoms with Crippen molar-refractivity contribution in [1.82, 2.24) is 5.32 Å². The predicted molar refractivity (Wildman–Crippen MR) is 128 cm³/mol. The van der Waals surface area contributed by atoms with Crippen LogP contribution >= 0.6 is 23.4 Å². The molecule has 4 rings (SSSR count). The molecule has 6 nitrogen and oxygen atoms in total. The number of aryl methyl sites for hydroxylation is 1. The molecule has 1 fully saturated rings. The molecule has 1 aliphatic heterocycles. The summed E-state index contributed by atoms with van der Waals surface area (Å²) in [5, 5.41) is 12.9. The van der Waals surface area contributed by atoms with Crippen LogP contribution in [-0.2, 0) is 22.6 Å². The Morgan fingerprint density at radius 3 is 2.61 bits per heavy atom. The quantitative estimate of drug-likeness (QED) is 0.399. The van der Waals surface area contributed by atoms with E-state index >= 15 is 0 Å². The Bertz CT molecular complexity index is 1250. The summed E-state index contributed by atoms with van der Waals surface area (Å²) in [7, 11) is 0. The molecule has 1 aromatic heterocycles. The number of anilines is 1. The molecule has 0 unspecified atom stereocenters. The average Bonchev–Trinajstić information content (AvgIpc) is 3.44. The standard InChI is InChI=1S/C25H20ClN3O3S/c1-16-8-10-18(11-9-16)29-24(31)22(13-17-5-2-3-7-21(17)26)33-25(29)20(14-27)23(30)28-15-19-6-4-12-32-19/h2-12,22H,13,15H2,1H3,(H,28,30)/b25-20-/t22-/m0/s1. The van der Waals surface area contributed by atoms with Crippen molar-refractivity contribution in [2.45, 2.75) is 25.1 Å². The molecule has 1 atom stereocenters. The zero-order chi connectivity index (χ0) is 23.4. The van der Waals surface area contributed by atoms with Gasteiger partial charge >= 0.3 is 0 Å². The molecule has 33 heavy (non-hydrogen) atoms. The van der Waals surface area contributed by atoms with Crippen LogP contribution < -0.4 is 10.2 Å². The Morgan fingerprint density at radius 1 is 1.18 bits per heavy atom. The molecule has 166 valence electrons. The summed E-state index contributed by atoms with van der Waals surface area (Å²) >= 11 is 7.52. The first kappa shape index (κ1) is 22.7. The lowest BCUT2D eigenvalue weighted by Crippen LogP contribution is -2.32. The zero-order valence-corrected chi connectivity index (χ0v) is 19.3. The van der Waals surface area contributed by atoms with Crippen molar-refractivity contribution in [2.75, 3.05) is 4.90 Å². The van der Waals surface area contributed by atoms with Gasteiger partial charge in [0, 0.05) is 10.7 Å². The number of rotatable bonds is 6. The molecule has 1 N–H and O–H groups in total. The maximum Gasteiger partial charge on any atom is 0.265 e. The molecule has 1 aliphatic rings. The SMILES string of the molecule is Cc1ccc(N2C(=O)[C@H](Cc3ccccc3Cl)S/C2=C(/C#N)C(=O)NCc2ccco2)cc1. The Balaban J connectivity index is 1.69. The Kier molecular flexibility index (Phi) is 6.87. The summed E-state index contributed by atoms with van der Waals surface area (Å²) in [6, 6.07) is 20.2. The van der Waals surface area contributed by atoms with E-state index in [2.05, 4.69) is 5.32 Å². The number of carbonyl (C=O) groups excluding carboxylic acids is 2. The van der Waals surface area contributed by atoms with E-state index in [4.69, 9.17) is 16.0 Å². The topological polar surface area (TPSA) is 86.3 Å². The normalized spacial score (nSPS) is 17.1. The third kappa shape index (κ3) is 4.98. The van der Waals surface area contributed by atoms with Crippen LogP contribution in [0.4, 0.5) is 5.69 Å². The van der Waals surface area contributed by atoms with Crippen molar-refractivity contribution in [3.8, 4) is 6.07 Å². The number of furan rings is 1. The van der Waals surface area contributed by atoms with Gasteiger partial charge in [-0.05, 0) is 49.2 Å². The minimum Gasteiger partial charge on any atom is -0.467 e. The molecule has 2 heterocycles. The van der Waals surface area contributed by atoms with E-state index in [1.165, 1.54) is 22.9 Å². The number of carbonyl (C=O) groups is 2. The average molecular weight is 478 g/mol. The van der Waals surface area contributed by atoms with Crippen molar-refractivity contribution in [3.63, 3.8) is 0 Å². The number of amides is 2. The van der Waals surface area contributed by atoms with Crippen LogP contribution in [0.25, 0.3) is 0 Å². The lowest BCUT2D eigenvalue weighted by molar-refractivity contribution is -0.117. The maximum atomic E-state index is 13.5. The van der Waals surface area contributed by atoms with Crippen molar-refractivity contribution in [3.05, 3.63) is 99.4 Å². The van der Waals surface area contributed by atoms with Gasteiger partial charge in [0.05, 0.1) is 18.1 Å². The summed E-state index contributed by atoms with van der Waals surface area (Å²) in [6.45, 7) is 2.08. The van der Waals surface area contributed by atoms with E-state index in [0.717, 1.165) is 11.1 Å². The minimum absolute atomic E-state index is 0.123. The third-order valence-corrected chi connectivity index (χ3v) is 6.80. The van der Waals surface area contributed by atoms with Crippen LogP contribution in [0.2, 0.25) is 5.02 Å². The van der Waals surface area contributed by atoms with Gasteiger partial charge in [-0.3, -0.25) is 14.5 Å². The van der Waals surface area contributed by atoms with E-state index in [0.29, 0.717) is 27.9 Å². The highest BCUT2D eigenvalue weighted by Gasteiger charge is 2.41. The van der Waals surface area contributed by atoms with Gasteiger partial charge < -0.3 is 9.73 Å². The van der Waals surface area contributed by atoms with E-state index in [9.17, 15) is 14.9 Å². The van der Waals surface area contributed by atoms with Gasteiger partial charge in [0.25, 0.3) is 5.91 Å². The largest absolute Gasteiger partial charge is 0.467 e. The number of hydrogen-bond donors (Lipinski definition) is 1. The van der Waals surface area contributed by atoms with Gasteiger partial charge in [-0.1, -0.05) is 59.3 Å². The van der Waals surface area contributed by atoms with Crippen LogP contribution in [0.3, 0.4) is 0 Å². The molecule has 0 aliphatic carbocycles. The predicted octanol–water partition coefficient (Wildman–Crippen LogP) is 4.98. The Labute approximate surface area is 200 Å². The zero-order valence-electron chi connectivity index (χ0n) is 17.7. The van der Waals surface area contributed by atoms with E-state index in [1.54, 1.807) is 30.3 Å².